The lowest BCUT2D eigenvalue weighted by Crippen LogP contribution is -2.13. The van der Waals surface area contributed by atoms with E-state index in [-0.39, 0.29) is 5.91 Å². The molecule has 3 aromatic carbocycles. The van der Waals surface area contributed by atoms with Crippen molar-refractivity contribution in [3.8, 4) is 11.3 Å². The monoisotopic (exact) mass is 480 g/mol. The van der Waals surface area contributed by atoms with Gasteiger partial charge in [-0.3, -0.25) is 9.89 Å². The average molecular weight is 481 g/mol. The first kappa shape index (κ1) is 20.1. The summed E-state index contributed by atoms with van der Waals surface area (Å²) in [6.45, 7) is 0. The maximum Gasteiger partial charge on any atom is 0.255 e. The van der Waals surface area contributed by atoms with Crippen LogP contribution in [0.2, 0.25) is 0 Å². The number of nitrogens with zero attached hydrogens (tertiary/aromatic N) is 1. The van der Waals surface area contributed by atoms with Gasteiger partial charge in [0, 0.05) is 33.2 Å². The predicted molar refractivity (Wildman–Crippen MR) is 123 cm³/mol. The fraction of sp³-hybridized carbons (Fsp3) is 0. The molecule has 0 saturated heterocycles. The van der Waals surface area contributed by atoms with E-state index in [2.05, 4.69) is 36.2 Å². The standard InChI is InChI=1S/C22H17BrN4O2S/c23-17-7-9-18(10-8-17)27-30(29)20-6-2-4-16(14-20)22(28)25-19-5-1-3-15(13-19)21-11-12-24-26-21/h1-14,27H,(H,24,26)(H,25,28). The number of rotatable bonds is 6. The highest BCUT2D eigenvalue weighted by molar-refractivity contribution is 9.10. The minimum atomic E-state index is -1.49. The van der Waals surface area contributed by atoms with Crippen LogP contribution in [0.15, 0.2) is 94.4 Å². The molecule has 0 aliphatic heterocycles. The average Bonchev–Trinajstić information content (AvgIpc) is 3.31. The first-order valence-electron chi connectivity index (χ1n) is 9.04. The molecule has 0 radical (unpaired) electrons. The van der Waals surface area contributed by atoms with Crippen LogP contribution in [0.5, 0.6) is 0 Å². The van der Waals surface area contributed by atoms with Gasteiger partial charge < -0.3 is 10.0 Å². The molecule has 1 aromatic heterocycles. The Morgan fingerprint density at radius 3 is 2.50 bits per heavy atom. The summed E-state index contributed by atoms with van der Waals surface area (Å²) in [4.78, 5) is 13.2. The van der Waals surface area contributed by atoms with Crippen molar-refractivity contribution in [2.45, 2.75) is 4.90 Å². The van der Waals surface area contributed by atoms with Crippen LogP contribution in [0, 0.1) is 0 Å². The molecule has 1 amide bonds. The summed E-state index contributed by atoms with van der Waals surface area (Å²) in [5.74, 6) is -0.278. The van der Waals surface area contributed by atoms with Crippen molar-refractivity contribution < 1.29 is 9.00 Å². The number of aromatic nitrogens is 2. The van der Waals surface area contributed by atoms with Crippen LogP contribution in [0.4, 0.5) is 11.4 Å². The van der Waals surface area contributed by atoms with E-state index in [1.54, 1.807) is 30.5 Å². The number of H-pyrrole nitrogens is 1. The molecule has 30 heavy (non-hydrogen) atoms. The Hall–Kier alpha value is -3.23. The fourth-order valence-electron chi connectivity index (χ4n) is 2.82. The Morgan fingerprint density at radius 1 is 0.933 bits per heavy atom. The molecule has 0 fully saturated rings. The van der Waals surface area contributed by atoms with E-state index >= 15 is 0 Å². The van der Waals surface area contributed by atoms with E-state index in [9.17, 15) is 9.00 Å². The molecule has 0 aliphatic carbocycles. The molecular formula is C22H17BrN4O2S. The van der Waals surface area contributed by atoms with Crippen molar-refractivity contribution in [1.82, 2.24) is 10.2 Å². The summed E-state index contributed by atoms with van der Waals surface area (Å²) in [5.41, 5.74) is 3.58. The van der Waals surface area contributed by atoms with Crippen LogP contribution in [-0.4, -0.2) is 20.3 Å². The molecule has 4 rings (SSSR count). The van der Waals surface area contributed by atoms with Gasteiger partial charge in [0.15, 0.2) is 0 Å². The molecule has 4 aromatic rings. The van der Waals surface area contributed by atoms with Gasteiger partial charge in [-0.15, -0.1) is 0 Å². The molecule has 1 atom stereocenters. The quantitative estimate of drug-likeness (QED) is 0.353. The third-order valence-electron chi connectivity index (χ3n) is 4.30. The lowest BCUT2D eigenvalue weighted by atomic mass is 10.1. The number of hydrogen-bond donors (Lipinski definition) is 3. The minimum absolute atomic E-state index is 0.278. The smallest absolute Gasteiger partial charge is 0.255 e. The molecule has 0 aliphatic rings. The normalized spacial score (nSPS) is 11.6. The van der Waals surface area contributed by atoms with Crippen LogP contribution in [-0.2, 0) is 11.0 Å². The highest BCUT2D eigenvalue weighted by Gasteiger charge is 2.11. The lowest BCUT2D eigenvalue weighted by molar-refractivity contribution is 0.102. The number of benzene rings is 3. The van der Waals surface area contributed by atoms with Crippen LogP contribution in [0.3, 0.4) is 0 Å². The second-order valence-electron chi connectivity index (χ2n) is 6.41. The molecule has 0 saturated carbocycles. The topological polar surface area (TPSA) is 86.9 Å². The van der Waals surface area contributed by atoms with Crippen molar-refractivity contribution in [2.75, 3.05) is 10.0 Å². The number of nitrogens with one attached hydrogen (secondary N) is 3. The Kier molecular flexibility index (Phi) is 6.06. The van der Waals surface area contributed by atoms with E-state index in [1.165, 1.54) is 0 Å². The zero-order chi connectivity index (χ0) is 20.9. The zero-order valence-corrected chi connectivity index (χ0v) is 18.0. The summed E-state index contributed by atoms with van der Waals surface area (Å²) >= 11 is 3.37. The number of anilines is 2. The van der Waals surface area contributed by atoms with Gasteiger partial charge in [-0.1, -0.05) is 34.1 Å². The molecule has 0 spiro atoms. The molecule has 150 valence electrons. The Morgan fingerprint density at radius 2 is 1.73 bits per heavy atom. The Balaban J connectivity index is 1.48. The maximum atomic E-state index is 12.7. The van der Waals surface area contributed by atoms with Gasteiger partial charge >= 0.3 is 0 Å². The highest BCUT2D eigenvalue weighted by Crippen LogP contribution is 2.21. The van der Waals surface area contributed by atoms with E-state index in [0.717, 1.165) is 21.4 Å². The molecule has 0 bridgehead atoms. The van der Waals surface area contributed by atoms with Gasteiger partial charge in [0.25, 0.3) is 5.91 Å². The van der Waals surface area contributed by atoms with Crippen molar-refractivity contribution in [3.63, 3.8) is 0 Å². The van der Waals surface area contributed by atoms with Gasteiger partial charge in [0.1, 0.15) is 11.0 Å². The summed E-state index contributed by atoms with van der Waals surface area (Å²) in [7, 11) is -1.49. The highest BCUT2D eigenvalue weighted by atomic mass is 79.9. The molecule has 1 unspecified atom stereocenters. The summed E-state index contributed by atoms with van der Waals surface area (Å²) in [5, 5.41) is 9.73. The Labute approximate surface area is 184 Å². The van der Waals surface area contributed by atoms with Gasteiger partial charge in [0.2, 0.25) is 0 Å². The number of aromatic amines is 1. The largest absolute Gasteiger partial charge is 0.322 e. The van der Waals surface area contributed by atoms with Crippen LogP contribution >= 0.6 is 15.9 Å². The van der Waals surface area contributed by atoms with E-state index in [4.69, 9.17) is 0 Å². The predicted octanol–water partition coefficient (Wildman–Crippen LogP) is 5.23. The fourth-order valence-corrected chi connectivity index (χ4v) is 3.99. The third-order valence-corrected chi connectivity index (χ3v) is 5.93. The van der Waals surface area contributed by atoms with Gasteiger partial charge in [-0.2, -0.15) is 5.10 Å². The second-order valence-corrected chi connectivity index (χ2v) is 8.54. The maximum absolute atomic E-state index is 12.7. The molecule has 8 heteroatoms. The summed E-state index contributed by atoms with van der Waals surface area (Å²) in [6, 6.07) is 23.4. The van der Waals surface area contributed by atoms with E-state index in [0.29, 0.717) is 16.1 Å². The third kappa shape index (κ3) is 4.84. The van der Waals surface area contributed by atoms with Gasteiger partial charge in [-0.05, 0) is 60.7 Å². The van der Waals surface area contributed by atoms with Gasteiger partial charge in [-0.25, -0.2) is 4.21 Å². The zero-order valence-electron chi connectivity index (χ0n) is 15.6. The SMILES string of the molecule is O=C(Nc1cccc(-c2ccn[nH]2)c1)c1cccc(S(=O)Nc2ccc(Br)cc2)c1. The second kappa shape index (κ2) is 9.06. The van der Waals surface area contributed by atoms with Crippen LogP contribution in [0.25, 0.3) is 11.3 Å². The van der Waals surface area contributed by atoms with Crippen LogP contribution < -0.4 is 10.0 Å². The number of hydrogen-bond acceptors (Lipinski definition) is 3. The summed E-state index contributed by atoms with van der Waals surface area (Å²) in [6.07, 6.45) is 1.68. The Bertz CT molecular complexity index is 1190. The number of halogens is 1. The van der Waals surface area contributed by atoms with Crippen molar-refractivity contribution in [2.24, 2.45) is 0 Å². The van der Waals surface area contributed by atoms with Crippen molar-refractivity contribution >= 4 is 44.2 Å². The van der Waals surface area contributed by atoms with Crippen molar-refractivity contribution in [1.29, 1.82) is 0 Å². The molecule has 3 N–H and O–H groups in total. The number of carbonyl (C=O) groups excluding carboxylic acids is 1. The first-order chi connectivity index (χ1) is 14.6. The molecular weight excluding hydrogens is 464 g/mol. The summed E-state index contributed by atoms with van der Waals surface area (Å²) < 4.78 is 16.5. The first-order valence-corrected chi connectivity index (χ1v) is 11.0. The molecule has 6 nitrogen and oxygen atoms in total. The number of carbonyl (C=O) groups is 1. The van der Waals surface area contributed by atoms with Gasteiger partial charge in [0.05, 0.1) is 10.6 Å². The minimum Gasteiger partial charge on any atom is -0.322 e. The lowest BCUT2D eigenvalue weighted by Gasteiger charge is -2.09. The molecule has 1 heterocycles. The van der Waals surface area contributed by atoms with E-state index < -0.39 is 11.0 Å². The van der Waals surface area contributed by atoms with E-state index in [1.807, 2.05) is 54.6 Å². The van der Waals surface area contributed by atoms with Crippen LogP contribution in [0.1, 0.15) is 10.4 Å². The number of amides is 1. The van der Waals surface area contributed by atoms with Crippen molar-refractivity contribution in [3.05, 3.63) is 95.1 Å².